The summed E-state index contributed by atoms with van der Waals surface area (Å²) in [6.07, 6.45) is 8.67. The van der Waals surface area contributed by atoms with Gasteiger partial charge in [-0.1, -0.05) is 0 Å². The molecule has 3 heteroatoms. The summed E-state index contributed by atoms with van der Waals surface area (Å²) in [4.78, 5) is 9.12. The first-order valence-electron chi connectivity index (χ1n) is 6.03. The fourth-order valence-electron chi connectivity index (χ4n) is 3.04. The van der Waals surface area contributed by atoms with Crippen LogP contribution in [-0.4, -0.2) is 16.0 Å². The molecular weight excluding hydrogens is 186 g/mol. The lowest BCUT2D eigenvalue weighted by molar-refractivity contribution is 0.692. The van der Waals surface area contributed by atoms with E-state index in [1.54, 1.807) is 0 Å². The van der Waals surface area contributed by atoms with E-state index in [0.29, 0.717) is 6.04 Å². The third-order valence-electron chi connectivity index (χ3n) is 4.02. The zero-order valence-electron chi connectivity index (χ0n) is 8.74. The van der Waals surface area contributed by atoms with Crippen molar-refractivity contribution in [3.8, 4) is 0 Å². The lowest BCUT2D eigenvalue weighted by Gasteiger charge is -2.14. The molecule has 78 valence electrons. The summed E-state index contributed by atoms with van der Waals surface area (Å²) in [7, 11) is 0. The van der Waals surface area contributed by atoms with Gasteiger partial charge in [-0.15, -0.1) is 0 Å². The van der Waals surface area contributed by atoms with E-state index in [0.717, 1.165) is 17.8 Å². The Balaban J connectivity index is 1.70. The maximum atomic E-state index is 4.69. The largest absolute Gasteiger partial charge is 0.351 e. The molecule has 0 saturated heterocycles. The fourth-order valence-corrected chi connectivity index (χ4v) is 3.04. The minimum Gasteiger partial charge on any atom is -0.351 e. The average Bonchev–Trinajstić information content (AvgIpc) is 2.85. The molecule has 1 aromatic rings. The molecule has 0 spiro atoms. The second-order valence-corrected chi connectivity index (χ2v) is 5.16. The van der Waals surface area contributed by atoms with E-state index in [2.05, 4.69) is 16.5 Å². The van der Waals surface area contributed by atoms with Gasteiger partial charge in [-0.25, -0.2) is 9.97 Å². The van der Waals surface area contributed by atoms with Gasteiger partial charge in [-0.05, 0) is 43.6 Å². The quantitative estimate of drug-likeness (QED) is 0.798. The highest BCUT2D eigenvalue weighted by molar-refractivity contribution is 5.40. The molecule has 2 saturated carbocycles. The number of fused-ring (bicyclic) bond motifs is 5. The minimum atomic E-state index is 0.654. The van der Waals surface area contributed by atoms with E-state index in [-0.39, 0.29) is 0 Å². The van der Waals surface area contributed by atoms with E-state index in [9.17, 15) is 0 Å². The molecule has 4 rings (SSSR count). The molecule has 2 fully saturated rings. The Morgan fingerprint density at radius 2 is 2.00 bits per heavy atom. The Labute approximate surface area is 89.3 Å². The Bertz CT molecular complexity index is 411. The Hall–Kier alpha value is -1.12. The van der Waals surface area contributed by atoms with Crippen LogP contribution in [0.3, 0.4) is 0 Å². The van der Waals surface area contributed by atoms with Gasteiger partial charge in [0, 0.05) is 18.2 Å². The van der Waals surface area contributed by atoms with Gasteiger partial charge >= 0.3 is 0 Å². The molecular formula is C12H15N3. The molecule has 2 unspecified atom stereocenters. The minimum absolute atomic E-state index is 0.654. The van der Waals surface area contributed by atoms with Crippen molar-refractivity contribution in [3.63, 3.8) is 0 Å². The molecule has 3 aliphatic carbocycles. The number of anilines is 1. The lowest BCUT2D eigenvalue weighted by Crippen LogP contribution is -2.09. The van der Waals surface area contributed by atoms with E-state index in [1.807, 2.05) is 0 Å². The lowest BCUT2D eigenvalue weighted by atomic mass is 9.98. The van der Waals surface area contributed by atoms with Crippen molar-refractivity contribution in [2.24, 2.45) is 0 Å². The fraction of sp³-hybridized carbons (Fsp3) is 0.667. The van der Waals surface area contributed by atoms with Gasteiger partial charge in [-0.2, -0.15) is 0 Å². The molecule has 1 heterocycles. The molecule has 1 aromatic heterocycles. The van der Waals surface area contributed by atoms with Gasteiger partial charge in [0.1, 0.15) is 0 Å². The van der Waals surface area contributed by atoms with E-state index in [1.165, 1.54) is 43.4 Å². The van der Waals surface area contributed by atoms with Crippen LogP contribution in [0.15, 0.2) is 6.20 Å². The topological polar surface area (TPSA) is 37.8 Å². The van der Waals surface area contributed by atoms with Crippen molar-refractivity contribution < 1.29 is 0 Å². The van der Waals surface area contributed by atoms with Gasteiger partial charge < -0.3 is 5.32 Å². The number of nitrogens with zero attached hydrogens (tertiary/aromatic N) is 2. The van der Waals surface area contributed by atoms with Crippen LogP contribution in [0, 0.1) is 0 Å². The third kappa shape index (κ3) is 1.18. The summed E-state index contributed by atoms with van der Waals surface area (Å²) in [6.45, 7) is 0. The van der Waals surface area contributed by atoms with Gasteiger partial charge in [0.25, 0.3) is 0 Å². The number of hydrogen-bond donors (Lipinski definition) is 1. The molecule has 0 aromatic carbocycles. The summed E-state index contributed by atoms with van der Waals surface area (Å²) in [6, 6.07) is 0.654. The van der Waals surface area contributed by atoms with Crippen LogP contribution < -0.4 is 5.32 Å². The molecule has 3 nitrogen and oxygen atoms in total. The summed E-state index contributed by atoms with van der Waals surface area (Å²) in [5, 5.41) is 3.38. The Kier molecular flexibility index (Phi) is 1.46. The maximum absolute atomic E-state index is 4.69. The van der Waals surface area contributed by atoms with E-state index < -0.39 is 0 Å². The Morgan fingerprint density at radius 1 is 1.13 bits per heavy atom. The van der Waals surface area contributed by atoms with E-state index in [4.69, 9.17) is 4.98 Å². The van der Waals surface area contributed by atoms with Crippen LogP contribution in [0.2, 0.25) is 0 Å². The van der Waals surface area contributed by atoms with Crippen LogP contribution in [0.25, 0.3) is 0 Å². The molecule has 0 aliphatic heterocycles. The molecule has 2 bridgehead atoms. The SMILES string of the molecule is c1nc(NC2CC2)nc2c1C1CCC2C1. The van der Waals surface area contributed by atoms with Crippen molar-refractivity contribution >= 4 is 5.95 Å². The summed E-state index contributed by atoms with van der Waals surface area (Å²) >= 11 is 0. The zero-order valence-corrected chi connectivity index (χ0v) is 8.74. The Morgan fingerprint density at radius 3 is 2.87 bits per heavy atom. The molecule has 3 aliphatic rings. The van der Waals surface area contributed by atoms with Crippen molar-refractivity contribution in [2.75, 3.05) is 5.32 Å². The van der Waals surface area contributed by atoms with Crippen molar-refractivity contribution in [1.82, 2.24) is 9.97 Å². The predicted octanol–water partition coefficient (Wildman–Crippen LogP) is 2.42. The number of hydrogen-bond acceptors (Lipinski definition) is 3. The van der Waals surface area contributed by atoms with Gasteiger partial charge in [0.05, 0.1) is 5.69 Å². The first-order valence-corrected chi connectivity index (χ1v) is 6.03. The summed E-state index contributed by atoms with van der Waals surface area (Å²) < 4.78 is 0. The predicted molar refractivity (Wildman–Crippen MR) is 58.0 cm³/mol. The zero-order chi connectivity index (χ0) is 9.83. The first-order chi connectivity index (χ1) is 7.40. The number of rotatable bonds is 2. The summed E-state index contributed by atoms with van der Waals surface area (Å²) in [5.74, 6) is 2.39. The molecule has 2 atom stereocenters. The van der Waals surface area contributed by atoms with E-state index >= 15 is 0 Å². The maximum Gasteiger partial charge on any atom is 0.223 e. The monoisotopic (exact) mass is 201 g/mol. The van der Waals surface area contributed by atoms with Crippen molar-refractivity contribution in [3.05, 3.63) is 17.5 Å². The van der Waals surface area contributed by atoms with Gasteiger partial charge in [-0.3, -0.25) is 0 Å². The van der Waals surface area contributed by atoms with Crippen LogP contribution in [-0.2, 0) is 0 Å². The number of nitrogens with one attached hydrogen (secondary N) is 1. The molecule has 0 amide bonds. The van der Waals surface area contributed by atoms with Gasteiger partial charge in [0.15, 0.2) is 0 Å². The second kappa shape index (κ2) is 2.71. The summed E-state index contributed by atoms with van der Waals surface area (Å²) in [5.41, 5.74) is 2.79. The highest BCUT2D eigenvalue weighted by Gasteiger charge is 2.38. The highest BCUT2D eigenvalue weighted by atomic mass is 15.1. The molecule has 1 N–H and O–H groups in total. The van der Waals surface area contributed by atoms with Crippen molar-refractivity contribution in [1.29, 1.82) is 0 Å². The molecule has 0 radical (unpaired) electrons. The normalized spacial score (nSPS) is 31.7. The average molecular weight is 201 g/mol. The first kappa shape index (κ1) is 8.08. The van der Waals surface area contributed by atoms with Crippen molar-refractivity contribution in [2.45, 2.75) is 50.0 Å². The van der Waals surface area contributed by atoms with Crippen LogP contribution in [0.1, 0.15) is 55.2 Å². The van der Waals surface area contributed by atoms with Crippen LogP contribution in [0.4, 0.5) is 5.95 Å². The highest BCUT2D eigenvalue weighted by Crippen LogP contribution is 2.52. The molecule has 15 heavy (non-hydrogen) atoms. The second-order valence-electron chi connectivity index (χ2n) is 5.16. The standard InChI is InChI=1S/C12H15N3/c1-2-8-5-7(1)10-6-13-12(15-11(8)10)14-9-3-4-9/h6-9H,1-5H2,(H,13,14,15). The number of aromatic nitrogens is 2. The smallest absolute Gasteiger partial charge is 0.223 e. The van der Waals surface area contributed by atoms with Gasteiger partial charge in [0.2, 0.25) is 5.95 Å². The third-order valence-corrected chi connectivity index (χ3v) is 4.02. The van der Waals surface area contributed by atoms with Crippen LogP contribution >= 0.6 is 0 Å². The van der Waals surface area contributed by atoms with Crippen LogP contribution in [0.5, 0.6) is 0 Å².